The standard InChI is InChI=1S/C30H30N6O12P2/c31-30-34-27-24(28(40)35-30)33-14-36(27)29-26(39)25(38)20(47-29)13-46-50(43,44)48-49(41,42)45-11-10-21(37)32-12-18-7-6-17-5-4-15-2-1-3-16-8-9-19(18)23(17)22(15)16/h1-9,14,20,25-26,29,38-39H,10-13H2,(H,32,37)(H,41,42)(H,43,44)(H3,31,34,35,40)/t20-,25-,26-,29-/m1/s1. The highest BCUT2D eigenvalue weighted by atomic mass is 31.3. The Bertz CT molecular complexity index is 2390. The number of ether oxygens (including phenoxy) is 1. The van der Waals surface area contributed by atoms with Crippen molar-refractivity contribution in [3.8, 4) is 0 Å². The van der Waals surface area contributed by atoms with Crippen LogP contribution in [0, 0.1) is 0 Å². The Morgan fingerprint density at radius 3 is 2.42 bits per heavy atom. The van der Waals surface area contributed by atoms with Crippen LogP contribution in [-0.2, 0) is 38.6 Å². The summed E-state index contributed by atoms with van der Waals surface area (Å²) in [6.45, 7) is -1.36. The van der Waals surface area contributed by atoms with Crippen LogP contribution < -0.4 is 16.6 Å². The summed E-state index contributed by atoms with van der Waals surface area (Å²) < 4.78 is 45.3. The van der Waals surface area contributed by atoms with Crippen molar-refractivity contribution >= 4 is 71.0 Å². The summed E-state index contributed by atoms with van der Waals surface area (Å²) >= 11 is 0. The molecule has 8 N–H and O–H groups in total. The molecule has 1 fully saturated rings. The van der Waals surface area contributed by atoms with Gasteiger partial charge in [0.1, 0.15) is 18.3 Å². The second kappa shape index (κ2) is 13.1. The van der Waals surface area contributed by atoms with Crippen molar-refractivity contribution in [1.82, 2.24) is 24.8 Å². The maximum Gasteiger partial charge on any atom is 0.481 e. The second-order valence-electron chi connectivity index (χ2n) is 11.6. The first-order chi connectivity index (χ1) is 23.8. The molecule has 6 aromatic rings. The van der Waals surface area contributed by atoms with Gasteiger partial charge in [0.2, 0.25) is 11.9 Å². The summed E-state index contributed by atoms with van der Waals surface area (Å²) in [6.07, 6.45) is -5.42. The van der Waals surface area contributed by atoms with E-state index in [1.807, 2.05) is 48.5 Å². The maximum atomic E-state index is 12.6. The molecule has 2 aromatic heterocycles. The van der Waals surface area contributed by atoms with Crippen LogP contribution in [0.15, 0.2) is 65.7 Å². The van der Waals surface area contributed by atoms with Crippen molar-refractivity contribution in [3.05, 3.63) is 76.8 Å². The quantitative estimate of drug-likeness (QED) is 0.0703. The van der Waals surface area contributed by atoms with Crippen molar-refractivity contribution in [2.45, 2.75) is 37.5 Å². The second-order valence-corrected chi connectivity index (χ2v) is 14.6. The van der Waals surface area contributed by atoms with Crippen LogP contribution in [0.1, 0.15) is 18.2 Å². The van der Waals surface area contributed by atoms with E-state index < -0.39 is 64.9 Å². The van der Waals surface area contributed by atoms with E-state index in [1.165, 1.54) is 0 Å². The zero-order valence-corrected chi connectivity index (χ0v) is 27.6. The van der Waals surface area contributed by atoms with Crippen molar-refractivity contribution in [3.63, 3.8) is 0 Å². The molecule has 0 saturated carbocycles. The number of aliphatic hydroxyl groups is 2. The fourth-order valence-corrected chi connectivity index (χ4v) is 8.13. The van der Waals surface area contributed by atoms with Crippen molar-refractivity contribution in [2.75, 3.05) is 18.9 Å². The summed E-state index contributed by atoms with van der Waals surface area (Å²) in [5.41, 5.74) is 5.59. The number of hydrogen-bond acceptors (Lipinski definition) is 13. The van der Waals surface area contributed by atoms with Gasteiger partial charge < -0.3 is 35.8 Å². The lowest BCUT2D eigenvalue weighted by Gasteiger charge is -2.19. The number of hydrogen-bond donors (Lipinski definition) is 7. The smallest absolute Gasteiger partial charge is 0.387 e. The summed E-state index contributed by atoms with van der Waals surface area (Å²) in [7, 11) is -10.5. The van der Waals surface area contributed by atoms with E-state index in [-0.39, 0.29) is 30.1 Å². The zero-order valence-electron chi connectivity index (χ0n) is 25.8. The summed E-state index contributed by atoms with van der Waals surface area (Å²) in [6, 6.07) is 18.1. The molecular weight excluding hydrogens is 698 g/mol. The molecule has 18 nitrogen and oxygen atoms in total. The number of aliphatic hydroxyl groups excluding tert-OH is 2. The molecule has 1 saturated heterocycles. The van der Waals surface area contributed by atoms with E-state index in [1.54, 1.807) is 0 Å². The molecule has 7 rings (SSSR count). The Balaban J connectivity index is 0.906. The zero-order chi connectivity index (χ0) is 35.4. The molecular formula is C30H30N6O12P2. The first-order valence-corrected chi connectivity index (χ1v) is 18.1. The number of rotatable bonds is 12. The lowest BCUT2D eigenvalue weighted by Crippen LogP contribution is -2.33. The van der Waals surface area contributed by atoms with Crippen LogP contribution >= 0.6 is 15.6 Å². The topological polar surface area (TPSA) is 271 Å². The van der Waals surface area contributed by atoms with Crippen LogP contribution in [0.4, 0.5) is 5.95 Å². The van der Waals surface area contributed by atoms with E-state index in [9.17, 15) is 38.7 Å². The van der Waals surface area contributed by atoms with E-state index in [2.05, 4.69) is 30.6 Å². The number of H-pyrrole nitrogens is 1. The van der Waals surface area contributed by atoms with Gasteiger partial charge in [-0.05, 0) is 37.9 Å². The SMILES string of the molecule is Nc1nc2c(ncn2[C@@H]2O[C@H](COP(=O)(O)OP(=O)(O)OCCC(=O)NCc3ccc4ccc5cccc6ccc3c4c56)[C@@H](O)[C@H]2O)c(=O)[nH]1. The monoisotopic (exact) mass is 728 g/mol. The van der Waals surface area contributed by atoms with Gasteiger partial charge in [-0.25, -0.2) is 14.1 Å². The van der Waals surface area contributed by atoms with Gasteiger partial charge in [-0.3, -0.25) is 28.2 Å². The predicted octanol–water partition coefficient (Wildman–Crippen LogP) is 2.18. The van der Waals surface area contributed by atoms with Gasteiger partial charge in [-0.1, -0.05) is 54.6 Å². The number of imidazole rings is 1. The fraction of sp³-hybridized carbons (Fsp3) is 0.267. The van der Waals surface area contributed by atoms with E-state index >= 15 is 0 Å². The normalized spacial score (nSPS) is 22.0. The Labute approximate surface area is 280 Å². The van der Waals surface area contributed by atoms with Crippen LogP contribution in [0.3, 0.4) is 0 Å². The van der Waals surface area contributed by atoms with Crippen LogP contribution in [0.5, 0.6) is 0 Å². The summed E-state index contributed by atoms with van der Waals surface area (Å²) in [5.74, 6) is -0.764. The average molecular weight is 729 g/mol. The number of phosphoric acid groups is 2. The minimum Gasteiger partial charge on any atom is -0.387 e. The molecule has 0 spiro atoms. The van der Waals surface area contributed by atoms with Gasteiger partial charge in [0.15, 0.2) is 17.4 Å². The number of nitrogens with two attached hydrogens (primary N) is 1. The van der Waals surface area contributed by atoms with E-state index in [4.69, 9.17) is 19.5 Å². The Morgan fingerprint density at radius 1 is 0.980 bits per heavy atom. The molecule has 1 aliphatic rings. The van der Waals surface area contributed by atoms with Crippen LogP contribution in [0.2, 0.25) is 0 Å². The van der Waals surface area contributed by atoms with Crippen LogP contribution in [-0.4, -0.2) is 77.0 Å². The van der Waals surface area contributed by atoms with Gasteiger partial charge in [0.05, 0.1) is 26.0 Å². The van der Waals surface area contributed by atoms with E-state index in [0.717, 1.165) is 48.8 Å². The van der Waals surface area contributed by atoms with Gasteiger partial charge in [-0.2, -0.15) is 9.29 Å². The number of nitrogen functional groups attached to an aromatic ring is 1. The third-order valence-electron chi connectivity index (χ3n) is 8.35. The average Bonchev–Trinajstić information content (AvgIpc) is 3.61. The molecule has 4 aromatic carbocycles. The molecule has 3 heterocycles. The molecule has 0 aliphatic carbocycles. The number of carbonyl (C=O) groups is 1. The molecule has 1 aliphatic heterocycles. The number of carbonyl (C=O) groups excluding carboxylic acids is 1. The molecule has 0 radical (unpaired) electrons. The number of fused-ring (bicyclic) bond motifs is 1. The lowest BCUT2D eigenvalue weighted by molar-refractivity contribution is -0.121. The number of nitrogens with zero attached hydrogens (tertiary/aromatic N) is 3. The summed E-state index contributed by atoms with van der Waals surface area (Å²) in [4.78, 5) is 54.8. The van der Waals surface area contributed by atoms with Crippen LogP contribution in [0.25, 0.3) is 43.5 Å². The third-order valence-corrected chi connectivity index (χ3v) is 11.0. The molecule has 2 unspecified atom stereocenters. The Kier molecular flexibility index (Phi) is 8.94. The molecule has 262 valence electrons. The number of aromatic amines is 1. The van der Waals surface area contributed by atoms with Crippen molar-refractivity contribution in [1.29, 1.82) is 0 Å². The first kappa shape index (κ1) is 34.1. The van der Waals surface area contributed by atoms with Gasteiger partial charge in [-0.15, -0.1) is 0 Å². The number of anilines is 1. The molecule has 6 atom stereocenters. The van der Waals surface area contributed by atoms with E-state index in [0.29, 0.717) is 0 Å². The lowest BCUT2D eigenvalue weighted by atomic mass is 9.92. The summed E-state index contributed by atoms with van der Waals surface area (Å²) in [5, 5.41) is 30.2. The highest BCUT2D eigenvalue weighted by Crippen LogP contribution is 2.60. The van der Waals surface area contributed by atoms with Gasteiger partial charge in [0, 0.05) is 6.54 Å². The highest BCUT2D eigenvalue weighted by molar-refractivity contribution is 7.61. The number of phosphoric ester groups is 2. The highest BCUT2D eigenvalue weighted by Gasteiger charge is 2.46. The predicted molar refractivity (Wildman–Crippen MR) is 178 cm³/mol. The minimum absolute atomic E-state index is 0.0697. The minimum atomic E-state index is -5.32. The Hall–Kier alpha value is -4.32. The Morgan fingerprint density at radius 2 is 1.66 bits per heavy atom. The van der Waals surface area contributed by atoms with Crippen molar-refractivity contribution in [2.24, 2.45) is 0 Å². The largest absolute Gasteiger partial charge is 0.481 e. The van der Waals surface area contributed by atoms with Crippen molar-refractivity contribution < 1.29 is 52.0 Å². The molecule has 0 bridgehead atoms. The van der Waals surface area contributed by atoms with Gasteiger partial charge in [0.25, 0.3) is 5.56 Å². The maximum absolute atomic E-state index is 12.6. The number of amides is 1. The van der Waals surface area contributed by atoms with Gasteiger partial charge >= 0.3 is 15.6 Å². The molecule has 1 amide bonds. The number of nitrogens with one attached hydrogen (secondary N) is 2. The fourth-order valence-electron chi connectivity index (χ4n) is 6.06. The first-order valence-electron chi connectivity index (χ1n) is 15.1. The third kappa shape index (κ3) is 6.61. The number of benzene rings is 4. The number of aromatic nitrogens is 4. The molecule has 50 heavy (non-hydrogen) atoms. The molecule has 20 heteroatoms.